The van der Waals surface area contributed by atoms with E-state index in [4.69, 9.17) is 15.8 Å². The van der Waals surface area contributed by atoms with Crippen LogP contribution in [-0.4, -0.2) is 7.11 Å². The van der Waals surface area contributed by atoms with Gasteiger partial charge in [-0.15, -0.1) is 0 Å². The molecule has 0 radical (unpaired) electrons. The minimum atomic E-state index is 0.593. The summed E-state index contributed by atoms with van der Waals surface area (Å²) < 4.78 is 5.11. The van der Waals surface area contributed by atoms with Gasteiger partial charge < -0.3 is 9.75 Å². The van der Waals surface area contributed by atoms with Gasteiger partial charge in [-0.25, -0.2) is 5.84 Å². The average molecular weight is 253 g/mol. The van der Waals surface area contributed by atoms with Gasteiger partial charge in [0, 0.05) is 0 Å². The molecule has 0 saturated carbocycles. The van der Waals surface area contributed by atoms with Crippen LogP contribution in [0.25, 0.3) is 0 Å². The van der Waals surface area contributed by atoms with Crippen molar-refractivity contribution in [3.05, 3.63) is 59.7 Å². The summed E-state index contributed by atoms with van der Waals surface area (Å²) in [5.41, 5.74) is 2.59. The van der Waals surface area contributed by atoms with Gasteiger partial charge in [0.05, 0.1) is 31.0 Å². The van der Waals surface area contributed by atoms with Crippen molar-refractivity contribution >= 4 is 5.69 Å². The van der Waals surface area contributed by atoms with Gasteiger partial charge in [-0.05, 0) is 42.0 Å². The van der Waals surface area contributed by atoms with E-state index in [0.29, 0.717) is 12.1 Å². The summed E-state index contributed by atoms with van der Waals surface area (Å²) in [6.45, 7) is 0.593. The Morgan fingerprint density at radius 3 is 2.26 bits per heavy atom. The fourth-order valence-corrected chi connectivity index (χ4v) is 1.75. The van der Waals surface area contributed by atoms with E-state index < -0.39 is 0 Å². The van der Waals surface area contributed by atoms with E-state index in [1.54, 1.807) is 24.3 Å². The van der Waals surface area contributed by atoms with Gasteiger partial charge in [0.1, 0.15) is 5.75 Å². The first-order chi connectivity index (χ1) is 9.22. The van der Waals surface area contributed by atoms with Gasteiger partial charge in [0.15, 0.2) is 0 Å². The number of methoxy groups -OCH3 is 1. The average Bonchev–Trinajstić information content (AvgIpc) is 2.48. The van der Waals surface area contributed by atoms with E-state index in [1.165, 1.54) is 0 Å². The summed E-state index contributed by atoms with van der Waals surface area (Å²) in [6.07, 6.45) is 0. The highest BCUT2D eigenvalue weighted by atomic mass is 16.5. The molecule has 0 unspecified atom stereocenters. The van der Waals surface area contributed by atoms with E-state index in [9.17, 15) is 0 Å². The first-order valence-corrected chi connectivity index (χ1v) is 5.88. The monoisotopic (exact) mass is 253 g/mol. The van der Waals surface area contributed by atoms with Crippen LogP contribution in [0.4, 0.5) is 5.69 Å². The minimum Gasteiger partial charge on any atom is -0.497 e. The Bertz CT molecular complexity index is 570. The molecule has 4 nitrogen and oxygen atoms in total. The number of hydrogen-bond donors (Lipinski definition) is 1. The number of anilines is 1. The molecule has 0 aliphatic carbocycles. The van der Waals surface area contributed by atoms with Crippen LogP contribution < -0.4 is 15.6 Å². The van der Waals surface area contributed by atoms with Crippen LogP contribution in [0.5, 0.6) is 5.75 Å². The van der Waals surface area contributed by atoms with Crippen molar-refractivity contribution in [2.75, 3.05) is 12.1 Å². The largest absolute Gasteiger partial charge is 0.497 e. The highest BCUT2D eigenvalue weighted by Gasteiger charge is 2.03. The first-order valence-electron chi connectivity index (χ1n) is 5.88. The van der Waals surface area contributed by atoms with Crippen LogP contribution >= 0.6 is 0 Å². The molecule has 2 aromatic rings. The predicted octanol–water partition coefficient (Wildman–Crippen LogP) is 2.45. The summed E-state index contributed by atoms with van der Waals surface area (Å²) in [7, 11) is 1.64. The Morgan fingerprint density at radius 1 is 1.11 bits per heavy atom. The van der Waals surface area contributed by atoms with Crippen LogP contribution in [0.15, 0.2) is 48.5 Å². The molecule has 0 aromatic heterocycles. The molecule has 0 spiro atoms. The number of hydrogen-bond acceptors (Lipinski definition) is 4. The molecular formula is C15H15N3O. The van der Waals surface area contributed by atoms with E-state index in [1.807, 2.05) is 36.4 Å². The molecule has 0 heterocycles. The molecule has 0 aliphatic rings. The third-order valence-corrected chi connectivity index (χ3v) is 2.84. The van der Waals surface area contributed by atoms with Crippen molar-refractivity contribution in [2.24, 2.45) is 5.84 Å². The normalized spacial score (nSPS) is 9.74. The second-order valence-corrected chi connectivity index (χ2v) is 4.13. The predicted molar refractivity (Wildman–Crippen MR) is 74.5 cm³/mol. The van der Waals surface area contributed by atoms with Crippen molar-refractivity contribution in [1.82, 2.24) is 0 Å². The topological polar surface area (TPSA) is 62.3 Å². The van der Waals surface area contributed by atoms with Crippen molar-refractivity contribution < 1.29 is 4.74 Å². The fraction of sp³-hybridized carbons (Fsp3) is 0.133. The maximum absolute atomic E-state index is 8.74. The van der Waals surface area contributed by atoms with Crippen molar-refractivity contribution in [2.45, 2.75) is 6.54 Å². The van der Waals surface area contributed by atoms with Crippen molar-refractivity contribution in [1.29, 1.82) is 5.26 Å². The molecular weight excluding hydrogens is 238 g/mol. The number of nitriles is 1. The lowest BCUT2D eigenvalue weighted by atomic mass is 10.2. The molecule has 0 atom stereocenters. The Morgan fingerprint density at radius 2 is 1.74 bits per heavy atom. The number of ether oxygens (including phenoxy) is 1. The maximum Gasteiger partial charge on any atom is 0.118 e. The van der Waals surface area contributed by atoms with Crippen molar-refractivity contribution in [3.63, 3.8) is 0 Å². The van der Waals surface area contributed by atoms with Gasteiger partial charge in [-0.3, -0.25) is 0 Å². The zero-order valence-corrected chi connectivity index (χ0v) is 10.7. The zero-order chi connectivity index (χ0) is 13.7. The van der Waals surface area contributed by atoms with Crippen LogP contribution in [0.3, 0.4) is 0 Å². The summed E-state index contributed by atoms with van der Waals surface area (Å²) in [5, 5.41) is 10.4. The van der Waals surface area contributed by atoms with Gasteiger partial charge >= 0.3 is 0 Å². The third-order valence-electron chi connectivity index (χ3n) is 2.84. The number of nitrogens with two attached hydrogens (primary N) is 1. The molecule has 0 amide bonds. The van der Waals surface area contributed by atoms with E-state index in [-0.39, 0.29) is 0 Å². The lowest BCUT2D eigenvalue weighted by molar-refractivity contribution is 0.414. The highest BCUT2D eigenvalue weighted by Crippen LogP contribution is 2.16. The fourth-order valence-electron chi connectivity index (χ4n) is 1.75. The summed E-state index contributed by atoms with van der Waals surface area (Å²) in [5.74, 6) is 6.83. The number of nitrogens with zero attached hydrogens (tertiary/aromatic N) is 2. The molecule has 96 valence electrons. The standard InChI is InChI=1S/C15H15N3O/c1-19-15-8-4-13(5-9-15)11-18(17)14-6-2-12(10-16)3-7-14/h2-9H,11,17H2,1H3. The SMILES string of the molecule is COc1ccc(CN(N)c2ccc(C#N)cc2)cc1. The summed E-state index contributed by atoms with van der Waals surface area (Å²) >= 11 is 0. The molecule has 19 heavy (non-hydrogen) atoms. The Balaban J connectivity index is 2.06. The van der Waals surface area contributed by atoms with E-state index >= 15 is 0 Å². The lowest BCUT2D eigenvalue weighted by Crippen LogP contribution is -2.29. The van der Waals surface area contributed by atoms with Crippen LogP contribution in [0.2, 0.25) is 0 Å². The third kappa shape index (κ3) is 3.24. The quantitative estimate of drug-likeness (QED) is 0.671. The summed E-state index contributed by atoms with van der Waals surface area (Å²) in [4.78, 5) is 0. The lowest BCUT2D eigenvalue weighted by Gasteiger charge is -2.18. The smallest absolute Gasteiger partial charge is 0.118 e. The first kappa shape index (κ1) is 12.9. The maximum atomic E-state index is 8.74. The molecule has 0 saturated heterocycles. The summed E-state index contributed by atoms with van der Waals surface area (Å²) in [6, 6.07) is 17.0. The number of rotatable bonds is 4. The van der Waals surface area contributed by atoms with E-state index in [2.05, 4.69) is 6.07 Å². The van der Waals surface area contributed by atoms with Gasteiger partial charge in [0.2, 0.25) is 0 Å². The Kier molecular flexibility index (Phi) is 4.01. The second kappa shape index (κ2) is 5.89. The van der Waals surface area contributed by atoms with Gasteiger partial charge in [-0.2, -0.15) is 5.26 Å². The molecule has 0 bridgehead atoms. The molecule has 0 aliphatic heterocycles. The molecule has 0 fully saturated rings. The second-order valence-electron chi connectivity index (χ2n) is 4.13. The Labute approximate surface area is 112 Å². The molecule has 2 N–H and O–H groups in total. The highest BCUT2D eigenvalue weighted by molar-refractivity contribution is 5.49. The molecule has 2 rings (SSSR count). The van der Waals surface area contributed by atoms with Crippen LogP contribution in [-0.2, 0) is 6.54 Å². The molecule has 4 heteroatoms. The number of hydrazine groups is 1. The van der Waals surface area contributed by atoms with Crippen LogP contribution in [0.1, 0.15) is 11.1 Å². The van der Waals surface area contributed by atoms with Gasteiger partial charge in [-0.1, -0.05) is 12.1 Å². The van der Waals surface area contributed by atoms with E-state index in [0.717, 1.165) is 17.0 Å². The van der Waals surface area contributed by atoms with Crippen molar-refractivity contribution in [3.8, 4) is 11.8 Å². The zero-order valence-electron chi connectivity index (χ0n) is 10.7. The Hall–Kier alpha value is -2.51. The van der Waals surface area contributed by atoms with Gasteiger partial charge in [0.25, 0.3) is 0 Å². The molecule has 2 aromatic carbocycles. The number of benzene rings is 2. The minimum absolute atomic E-state index is 0.593. The van der Waals surface area contributed by atoms with Crippen LogP contribution in [0, 0.1) is 11.3 Å².